The number of aliphatic imine (C=N–C) groups is 1. The minimum atomic E-state index is 0.609. The number of benzene rings is 1. The van der Waals surface area contributed by atoms with Gasteiger partial charge in [0.15, 0.2) is 0 Å². The fraction of sp³-hybridized carbons (Fsp3) is 0.222. The molecule has 0 atom stereocenters. The predicted molar refractivity (Wildman–Crippen MR) is 52.8 cm³/mol. The molecule has 0 aliphatic rings. The SMILES string of the molecule is CN=C(NN)c1ccccc1OC. The Bertz CT molecular complexity index is 309. The molecule has 0 saturated heterocycles. The van der Waals surface area contributed by atoms with Crippen molar-refractivity contribution in [3.05, 3.63) is 29.8 Å². The number of hydrogen-bond donors (Lipinski definition) is 2. The number of hydrogen-bond acceptors (Lipinski definition) is 3. The van der Waals surface area contributed by atoms with Crippen molar-refractivity contribution < 1.29 is 4.74 Å². The first-order chi connectivity index (χ1) is 6.33. The molecular formula is C9H13N3O. The van der Waals surface area contributed by atoms with Gasteiger partial charge in [0.2, 0.25) is 0 Å². The Morgan fingerprint density at radius 2 is 2.15 bits per heavy atom. The molecule has 1 aromatic carbocycles. The molecule has 13 heavy (non-hydrogen) atoms. The summed E-state index contributed by atoms with van der Waals surface area (Å²) in [5.74, 6) is 6.66. The third kappa shape index (κ3) is 1.97. The second kappa shape index (κ2) is 4.47. The average Bonchev–Trinajstić information content (AvgIpc) is 2.20. The molecule has 0 heterocycles. The highest BCUT2D eigenvalue weighted by molar-refractivity contribution is 6.00. The molecule has 0 spiro atoms. The second-order valence-corrected chi connectivity index (χ2v) is 2.42. The van der Waals surface area contributed by atoms with Gasteiger partial charge in [0, 0.05) is 7.05 Å². The topological polar surface area (TPSA) is 59.6 Å². The van der Waals surface area contributed by atoms with Crippen molar-refractivity contribution in [2.75, 3.05) is 14.2 Å². The molecule has 0 aromatic heterocycles. The van der Waals surface area contributed by atoms with Crippen LogP contribution in [0.2, 0.25) is 0 Å². The molecule has 0 amide bonds. The summed E-state index contributed by atoms with van der Waals surface area (Å²) in [6, 6.07) is 7.55. The number of nitrogens with one attached hydrogen (secondary N) is 1. The zero-order chi connectivity index (χ0) is 9.68. The molecule has 0 fully saturated rings. The van der Waals surface area contributed by atoms with E-state index in [1.165, 1.54) is 0 Å². The van der Waals surface area contributed by atoms with Gasteiger partial charge in [-0.05, 0) is 12.1 Å². The number of hydrazine groups is 1. The van der Waals surface area contributed by atoms with E-state index < -0.39 is 0 Å². The van der Waals surface area contributed by atoms with Crippen LogP contribution >= 0.6 is 0 Å². The molecule has 1 rings (SSSR count). The summed E-state index contributed by atoms with van der Waals surface area (Å²) in [6.07, 6.45) is 0. The van der Waals surface area contributed by atoms with Crippen LogP contribution in [0.1, 0.15) is 5.56 Å². The summed E-state index contributed by atoms with van der Waals surface area (Å²) in [7, 11) is 3.28. The Labute approximate surface area is 77.4 Å². The van der Waals surface area contributed by atoms with Crippen molar-refractivity contribution in [3.8, 4) is 5.75 Å². The molecule has 70 valence electrons. The lowest BCUT2D eigenvalue weighted by molar-refractivity contribution is 0.413. The Morgan fingerprint density at radius 3 is 2.69 bits per heavy atom. The molecule has 0 aliphatic carbocycles. The summed E-state index contributed by atoms with van der Waals surface area (Å²) in [6.45, 7) is 0. The molecule has 0 aliphatic heterocycles. The largest absolute Gasteiger partial charge is 0.496 e. The van der Waals surface area contributed by atoms with Crippen LogP contribution in [0.4, 0.5) is 0 Å². The van der Waals surface area contributed by atoms with E-state index in [4.69, 9.17) is 10.6 Å². The average molecular weight is 179 g/mol. The zero-order valence-electron chi connectivity index (χ0n) is 7.74. The van der Waals surface area contributed by atoms with Gasteiger partial charge in [-0.1, -0.05) is 12.1 Å². The number of nitrogens with two attached hydrogens (primary N) is 1. The maximum Gasteiger partial charge on any atom is 0.146 e. The normalized spacial score (nSPS) is 11.2. The van der Waals surface area contributed by atoms with Crippen LogP contribution in [0.3, 0.4) is 0 Å². The molecular weight excluding hydrogens is 166 g/mol. The molecule has 4 nitrogen and oxygen atoms in total. The summed E-state index contributed by atoms with van der Waals surface area (Å²) < 4.78 is 5.15. The van der Waals surface area contributed by atoms with Crippen molar-refractivity contribution in [2.24, 2.45) is 10.8 Å². The van der Waals surface area contributed by atoms with Crippen molar-refractivity contribution in [1.82, 2.24) is 5.43 Å². The van der Waals surface area contributed by atoms with Crippen LogP contribution in [-0.2, 0) is 0 Å². The molecule has 3 N–H and O–H groups in total. The number of methoxy groups -OCH3 is 1. The molecule has 0 bridgehead atoms. The van der Waals surface area contributed by atoms with Gasteiger partial charge < -0.3 is 10.2 Å². The van der Waals surface area contributed by atoms with Crippen LogP contribution < -0.4 is 16.0 Å². The van der Waals surface area contributed by atoms with Crippen LogP contribution in [-0.4, -0.2) is 20.0 Å². The Morgan fingerprint density at radius 1 is 1.46 bits per heavy atom. The maximum atomic E-state index is 5.30. The van der Waals surface area contributed by atoms with Crippen LogP contribution in [0, 0.1) is 0 Å². The van der Waals surface area contributed by atoms with Gasteiger partial charge in [0.05, 0.1) is 12.7 Å². The number of ether oxygens (including phenoxy) is 1. The number of rotatable bonds is 2. The quantitative estimate of drug-likeness (QED) is 0.301. The van der Waals surface area contributed by atoms with Crippen molar-refractivity contribution in [2.45, 2.75) is 0 Å². The van der Waals surface area contributed by atoms with Gasteiger partial charge >= 0.3 is 0 Å². The highest BCUT2D eigenvalue weighted by Gasteiger charge is 2.06. The van der Waals surface area contributed by atoms with E-state index in [1.54, 1.807) is 14.2 Å². The second-order valence-electron chi connectivity index (χ2n) is 2.42. The first kappa shape index (κ1) is 9.54. The van der Waals surface area contributed by atoms with Crippen LogP contribution in [0.5, 0.6) is 5.75 Å². The number of nitrogens with zero attached hydrogens (tertiary/aromatic N) is 1. The lowest BCUT2D eigenvalue weighted by Gasteiger charge is -2.09. The summed E-state index contributed by atoms with van der Waals surface area (Å²) in [5.41, 5.74) is 3.37. The minimum absolute atomic E-state index is 0.609. The van der Waals surface area contributed by atoms with Gasteiger partial charge in [-0.2, -0.15) is 0 Å². The monoisotopic (exact) mass is 179 g/mol. The highest BCUT2D eigenvalue weighted by Crippen LogP contribution is 2.16. The molecule has 1 aromatic rings. The van der Waals surface area contributed by atoms with E-state index in [1.807, 2.05) is 24.3 Å². The van der Waals surface area contributed by atoms with E-state index in [-0.39, 0.29) is 0 Å². The van der Waals surface area contributed by atoms with Crippen molar-refractivity contribution in [1.29, 1.82) is 0 Å². The highest BCUT2D eigenvalue weighted by atomic mass is 16.5. The Hall–Kier alpha value is -1.55. The van der Waals surface area contributed by atoms with Gasteiger partial charge in [-0.25, -0.2) is 5.84 Å². The van der Waals surface area contributed by atoms with Crippen LogP contribution in [0.15, 0.2) is 29.3 Å². The molecule has 0 unspecified atom stereocenters. The van der Waals surface area contributed by atoms with Gasteiger partial charge in [0.1, 0.15) is 11.6 Å². The number of amidine groups is 1. The van der Waals surface area contributed by atoms with E-state index >= 15 is 0 Å². The van der Waals surface area contributed by atoms with Crippen molar-refractivity contribution in [3.63, 3.8) is 0 Å². The van der Waals surface area contributed by atoms with E-state index in [2.05, 4.69) is 10.4 Å². The predicted octanol–water partition coefficient (Wildman–Crippen LogP) is 0.535. The smallest absolute Gasteiger partial charge is 0.146 e. The van der Waals surface area contributed by atoms with E-state index in [9.17, 15) is 0 Å². The van der Waals surface area contributed by atoms with Gasteiger partial charge in [-0.15, -0.1) is 0 Å². The molecule has 0 radical (unpaired) electrons. The summed E-state index contributed by atoms with van der Waals surface area (Å²) in [5, 5.41) is 0. The Kier molecular flexibility index (Phi) is 3.28. The van der Waals surface area contributed by atoms with E-state index in [0.29, 0.717) is 5.84 Å². The lowest BCUT2D eigenvalue weighted by Crippen LogP contribution is -2.31. The Balaban J connectivity index is 3.12. The fourth-order valence-electron chi connectivity index (χ4n) is 1.10. The van der Waals surface area contributed by atoms with Crippen LogP contribution in [0.25, 0.3) is 0 Å². The third-order valence-electron chi connectivity index (χ3n) is 1.72. The standard InChI is InChI=1S/C9H13N3O/c1-11-9(12-10)7-5-3-4-6-8(7)13-2/h3-6H,10H2,1-2H3,(H,11,12). The molecule has 0 saturated carbocycles. The van der Waals surface area contributed by atoms with Gasteiger partial charge in [0.25, 0.3) is 0 Å². The number of para-hydroxylation sites is 1. The fourth-order valence-corrected chi connectivity index (χ4v) is 1.10. The zero-order valence-corrected chi connectivity index (χ0v) is 7.74. The first-order valence-electron chi connectivity index (χ1n) is 3.90. The van der Waals surface area contributed by atoms with Gasteiger partial charge in [-0.3, -0.25) is 4.99 Å². The van der Waals surface area contributed by atoms with Crippen molar-refractivity contribution >= 4 is 5.84 Å². The third-order valence-corrected chi connectivity index (χ3v) is 1.72. The first-order valence-corrected chi connectivity index (χ1v) is 3.90. The summed E-state index contributed by atoms with van der Waals surface area (Å²) >= 11 is 0. The van der Waals surface area contributed by atoms with E-state index in [0.717, 1.165) is 11.3 Å². The minimum Gasteiger partial charge on any atom is -0.496 e. The summed E-state index contributed by atoms with van der Waals surface area (Å²) in [4.78, 5) is 3.99. The molecule has 4 heteroatoms. The maximum absolute atomic E-state index is 5.30. The lowest BCUT2D eigenvalue weighted by atomic mass is 10.2.